The summed E-state index contributed by atoms with van der Waals surface area (Å²) in [6.07, 6.45) is 8.30. The van der Waals surface area contributed by atoms with Crippen LogP contribution in [0.15, 0.2) is 35.5 Å². The fourth-order valence-electron chi connectivity index (χ4n) is 6.31. The number of hydrogen-bond acceptors (Lipinski definition) is 8. The van der Waals surface area contributed by atoms with Crippen LogP contribution >= 0.6 is 0 Å². The molecule has 1 unspecified atom stereocenters. The molecule has 1 aromatic carbocycles. The average molecular weight is 596 g/mol. The van der Waals surface area contributed by atoms with Crippen molar-refractivity contribution in [2.45, 2.75) is 61.2 Å². The number of rotatable bonds is 3. The van der Waals surface area contributed by atoms with Crippen molar-refractivity contribution in [3.63, 3.8) is 0 Å². The van der Waals surface area contributed by atoms with E-state index in [9.17, 15) is 21.9 Å². The molecule has 1 aromatic heterocycles. The molecule has 1 spiro atoms. The number of aliphatic hydroxyl groups is 1. The number of piperidine rings is 1. The van der Waals surface area contributed by atoms with Gasteiger partial charge in [-0.3, -0.25) is 4.68 Å². The van der Waals surface area contributed by atoms with E-state index < -0.39 is 31.6 Å². The number of aromatic nitrogens is 2. The molecule has 13 heteroatoms. The van der Waals surface area contributed by atoms with Gasteiger partial charge in [0, 0.05) is 56.9 Å². The molecule has 11 nitrogen and oxygen atoms in total. The maximum absolute atomic E-state index is 13.4. The van der Waals surface area contributed by atoms with E-state index in [1.807, 2.05) is 25.2 Å². The highest BCUT2D eigenvalue weighted by Crippen LogP contribution is 2.38. The summed E-state index contributed by atoms with van der Waals surface area (Å²) < 4.78 is 65.5. The van der Waals surface area contributed by atoms with E-state index in [1.165, 1.54) is 6.07 Å². The smallest absolute Gasteiger partial charge is 0.244 e. The molecule has 222 valence electrons. The predicted molar refractivity (Wildman–Crippen MR) is 152 cm³/mol. The number of sulfonamides is 2. The standard InChI is InChI=1S/C27H41N5O6S2/c1-30-18-23(33)16-29-39(34,35)26-9-8-21(22-15-28-31(2)17-22)14-25(26)38-20-27(19-30)10-12-32(13-11-27)40(36,37)24-6-4-3-5-7-24/h8-9,14-15,17,23-24,29,33H,3-7,10-13,16,18-20H2,1-2H3. The van der Waals surface area contributed by atoms with Gasteiger partial charge in [0.1, 0.15) is 10.6 Å². The number of benzene rings is 1. The van der Waals surface area contributed by atoms with Gasteiger partial charge in [-0.1, -0.05) is 25.3 Å². The van der Waals surface area contributed by atoms with Gasteiger partial charge < -0.3 is 14.7 Å². The number of aliphatic hydroxyl groups excluding tert-OH is 1. The number of nitrogens with zero attached hydrogens (tertiary/aromatic N) is 4. The van der Waals surface area contributed by atoms with Gasteiger partial charge in [0.2, 0.25) is 20.0 Å². The third-order valence-electron chi connectivity index (χ3n) is 8.56. The molecule has 40 heavy (non-hydrogen) atoms. The zero-order chi connectivity index (χ0) is 28.5. The summed E-state index contributed by atoms with van der Waals surface area (Å²) in [5.74, 6) is 0.225. The Morgan fingerprint density at radius 2 is 1.82 bits per heavy atom. The molecule has 3 heterocycles. The quantitative estimate of drug-likeness (QED) is 0.549. The molecule has 2 aliphatic heterocycles. The molecule has 2 fully saturated rings. The van der Waals surface area contributed by atoms with Gasteiger partial charge in [-0.25, -0.2) is 25.9 Å². The van der Waals surface area contributed by atoms with Crippen LogP contribution in [-0.4, -0.2) is 98.7 Å². The predicted octanol–water partition coefficient (Wildman–Crippen LogP) is 1.80. The highest BCUT2D eigenvalue weighted by atomic mass is 32.2. The summed E-state index contributed by atoms with van der Waals surface area (Å²) in [5.41, 5.74) is 1.19. The van der Waals surface area contributed by atoms with Crippen molar-refractivity contribution in [3.8, 4) is 16.9 Å². The molecule has 5 rings (SSSR count). The van der Waals surface area contributed by atoms with E-state index in [4.69, 9.17) is 4.74 Å². The summed E-state index contributed by atoms with van der Waals surface area (Å²) >= 11 is 0. The summed E-state index contributed by atoms with van der Waals surface area (Å²) in [6, 6.07) is 4.96. The van der Waals surface area contributed by atoms with Crippen molar-refractivity contribution < 1.29 is 26.7 Å². The number of hydrogen-bond donors (Lipinski definition) is 2. The molecule has 3 aliphatic rings. The topological polar surface area (TPSA) is 134 Å². The monoisotopic (exact) mass is 595 g/mol. The van der Waals surface area contributed by atoms with Gasteiger partial charge in [0.15, 0.2) is 0 Å². The highest BCUT2D eigenvalue weighted by Gasteiger charge is 2.42. The Bertz CT molecular complexity index is 1400. The number of aryl methyl sites for hydroxylation is 1. The Morgan fingerprint density at radius 3 is 2.50 bits per heavy atom. The maximum Gasteiger partial charge on any atom is 0.244 e. The van der Waals surface area contributed by atoms with Crippen LogP contribution in [0.5, 0.6) is 5.75 Å². The Kier molecular flexibility index (Phi) is 8.61. The average Bonchev–Trinajstić information content (AvgIpc) is 3.37. The first-order valence-corrected chi connectivity index (χ1v) is 17.1. The van der Waals surface area contributed by atoms with Crippen molar-refractivity contribution in [1.82, 2.24) is 23.7 Å². The van der Waals surface area contributed by atoms with Crippen molar-refractivity contribution in [1.29, 1.82) is 0 Å². The lowest BCUT2D eigenvalue weighted by Crippen LogP contribution is -2.52. The normalized spacial score (nSPS) is 25.4. The van der Waals surface area contributed by atoms with Crippen molar-refractivity contribution in [2.75, 3.05) is 46.4 Å². The molecular formula is C27H41N5O6S2. The van der Waals surface area contributed by atoms with Gasteiger partial charge >= 0.3 is 0 Å². The van der Waals surface area contributed by atoms with Crippen LogP contribution in [0.25, 0.3) is 11.1 Å². The van der Waals surface area contributed by atoms with Crippen molar-refractivity contribution in [3.05, 3.63) is 30.6 Å². The van der Waals surface area contributed by atoms with Gasteiger partial charge in [-0.15, -0.1) is 0 Å². The maximum atomic E-state index is 13.4. The Hall–Kier alpha value is -2.03. The second kappa shape index (κ2) is 11.7. The van der Waals surface area contributed by atoms with Crippen LogP contribution in [0.2, 0.25) is 0 Å². The molecular weight excluding hydrogens is 554 g/mol. The van der Waals surface area contributed by atoms with Crippen LogP contribution in [0.1, 0.15) is 44.9 Å². The molecule has 0 amide bonds. The van der Waals surface area contributed by atoms with Crippen LogP contribution < -0.4 is 9.46 Å². The fourth-order valence-corrected chi connectivity index (χ4v) is 9.55. The van der Waals surface area contributed by atoms with Crippen LogP contribution in [0, 0.1) is 5.41 Å². The van der Waals surface area contributed by atoms with E-state index in [0.717, 1.165) is 43.2 Å². The number of ether oxygens (including phenoxy) is 1. The first kappa shape index (κ1) is 29.5. The molecule has 1 saturated heterocycles. The number of β-amino-alcohol motifs (C(OH)–C–C–N with tert-alkyl or cyclic N) is 1. The minimum Gasteiger partial charge on any atom is -0.492 e. The summed E-state index contributed by atoms with van der Waals surface area (Å²) in [6.45, 7) is 1.77. The minimum atomic E-state index is -3.96. The lowest BCUT2D eigenvalue weighted by molar-refractivity contribution is 0.0316. The first-order chi connectivity index (χ1) is 19.0. The highest BCUT2D eigenvalue weighted by molar-refractivity contribution is 7.90. The van der Waals surface area contributed by atoms with Gasteiger partial charge in [0.25, 0.3) is 0 Å². The molecule has 1 aliphatic carbocycles. The Balaban J connectivity index is 1.43. The second-order valence-corrected chi connectivity index (χ2v) is 15.7. The summed E-state index contributed by atoms with van der Waals surface area (Å²) in [7, 11) is -3.61. The molecule has 2 N–H and O–H groups in total. The van der Waals surface area contributed by atoms with Crippen LogP contribution in [0.3, 0.4) is 0 Å². The van der Waals surface area contributed by atoms with Crippen LogP contribution in [0.4, 0.5) is 0 Å². The zero-order valence-corrected chi connectivity index (χ0v) is 25.0. The molecule has 2 aromatic rings. The lowest BCUT2D eigenvalue weighted by Gasteiger charge is -2.44. The van der Waals surface area contributed by atoms with E-state index in [-0.39, 0.29) is 35.6 Å². The molecule has 0 radical (unpaired) electrons. The Labute approximate surface area is 237 Å². The molecule has 1 saturated carbocycles. The SMILES string of the molecule is CN1CC(O)CNS(=O)(=O)c2ccc(-c3cnn(C)c3)cc2OCC2(CCN(S(=O)(=O)C3CCCCC3)CC2)C1. The van der Waals surface area contributed by atoms with Gasteiger partial charge in [-0.2, -0.15) is 5.10 Å². The Morgan fingerprint density at radius 1 is 1.10 bits per heavy atom. The first-order valence-electron chi connectivity index (χ1n) is 14.1. The zero-order valence-electron chi connectivity index (χ0n) is 23.3. The summed E-state index contributed by atoms with van der Waals surface area (Å²) in [5, 5.41) is 14.5. The summed E-state index contributed by atoms with van der Waals surface area (Å²) in [4.78, 5) is 2.00. The van der Waals surface area contributed by atoms with E-state index in [0.29, 0.717) is 32.5 Å². The largest absolute Gasteiger partial charge is 0.492 e. The van der Waals surface area contributed by atoms with Crippen molar-refractivity contribution >= 4 is 20.0 Å². The van der Waals surface area contributed by atoms with Gasteiger partial charge in [0.05, 0.1) is 24.2 Å². The van der Waals surface area contributed by atoms with Crippen LogP contribution in [-0.2, 0) is 27.1 Å². The van der Waals surface area contributed by atoms with E-state index in [1.54, 1.807) is 27.3 Å². The van der Waals surface area contributed by atoms with E-state index >= 15 is 0 Å². The number of nitrogens with one attached hydrogen (secondary N) is 1. The van der Waals surface area contributed by atoms with E-state index in [2.05, 4.69) is 9.82 Å². The lowest BCUT2D eigenvalue weighted by atomic mass is 9.79. The number of likely N-dealkylation sites (N-methyl/N-ethyl adjacent to an activating group) is 1. The third kappa shape index (κ3) is 6.39. The molecule has 0 bridgehead atoms. The number of fused-ring (bicyclic) bond motifs is 1. The fraction of sp³-hybridized carbons (Fsp3) is 0.667. The van der Waals surface area contributed by atoms with Gasteiger partial charge in [-0.05, 0) is 50.4 Å². The third-order valence-corrected chi connectivity index (χ3v) is 12.4. The molecule has 1 atom stereocenters. The minimum absolute atomic E-state index is 0.00808. The van der Waals surface area contributed by atoms with Crippen molar-refractivity contribution in [2.24, 2.45) is 12.5 Å². The second-order valence-electron chi connectivity index (χ2n) is 11.8.